The number of nitrogens with zero attached hydrogens (tertiary/aromatic N) is 2. The van der Waals surface area contributed by atoms with Crippen molar-refractivity contribution in [3.8, 4) is 5.75 Å². The van der Waals surface area contributed by atoms with E-state index in [1.54, 1.807) is 12.1 Å². The van der Waals surface area contributed by atoms with Gasteiger partial charge in [-0.25, -0.2) is 0 Å². The molecule has 5 amide bonds. The number of guanidine groups is 2. The van der Waals surface area contributed by atoms with E-state index in [1.807, 2.05) is 42.5 Å². The van der Waals surface area contributed by atoms with Crippen LogP contribution in [0.25, 0.3) is 10.8 Å². The third-order valence-corrected chi connectivity index (χ3v) is 8.49. The first-order valence-electron chi connectivity index (χ1n) is 17.2. The number of rotatable bonds is 12. The summed E-state index contributed by atoms with van der Waals surface area (Å²) < 4.78 is 0. The predicted octanol–water partition coefficient (Wildman–Crippen LogP) is -1.49. The summed E-state index contributed by atoms with van der Waals surface area (Å²) >= 11 is 0. The van der Waals surface area contributed by atoms with Crippen LogP contribution in [0.5, 0.6) is 5.75 Å². The molecule has 14 N–H and O–H groups in total. The molecule has 4 rings (SSSR count). The summed E-state index contributed by atoms with van der Waals surface area (Å²) in [6, 6.07) is 14.7. The van der Waals surface area contributed by atoms with E-state index in [4.69, 9.17) is 22.9 Å². The highest BCUT2D eigenvalue weighted by Crippen LogP contribution is 2.18. The summed E-state index contributed by atoms with van der Waals surface area (Å²) in [6.07, 6.45) is 0.794. The van der Waals surface area contributed by atoms with Crippen molar-refractivity contribution < 1.29 is 29.1 Å². The van der Waals surface area contributed by atoms with E-state index in [-0.39, 0.29) is 62.9 Å². The predicted molar refractivity (Wildman–Crippen MR) is 200 cm³/mol. The molecule has 0 spiro atoms. The van der Waals surface area contributed by atoms with Crippen LogP contribution in [0.15, 0.2) is 76.7 Å². The molecule has 1 aliphatic rings. The molecule has 17 nitrogen and oxygen atoms in total. The lowest BCUT2D eigenvalue weighted by Gasteiger charge is -2.26. The van der Waals surface area contributed by atoms with Crippen LogP contribution >= 0.6 is 0 Å². The van der Waals surface area contributed by atoms with Crippen LogP contribution in [-0.4, -0.2) is 90.4 Å². The highest BCUT2D eigenvalue weighted by molar-refractivity contribution is 5.97. The minimum Gasteiger partial charge on any atom is -0.508 e. The number of carbonyl (C=O) groups excluding carboxylic acids is 5. The number of phenolic OH excluding ortho intramolecular Hbond substituents is 1. The number of nitrogens with two attached hydrogens (primary N) is 4. The Bertz CT molecular complexity index is 1820. The largest absolute Gasteiger partial charge is 0.508 e. The second-order valence-corrected chi connectivity index (χ2v) is 12.7. The van der Waals surface area contributed by atoms with Gasteiger partial charge < -0.3 is 54.6 Å². The average molecular weight is 730 g/mol. The normalized spacial score (nSPS) is 20.0. The van der Waals surface area contributed by atoms with Crippen molar-refractivity contribution in [3.05, 3.63) is 77.9 Å². The maximum Gasteiger partial charge on any atom is 0.243 e. The Morgan fingerprint density at radius 2 is 1.09 bits per heavy atom. The zero-order chi connectivity index (χ0) is 38.3. The number of aliphatic imine (C=N–C) groups is 2. The van der Waals surface area contributed by atoms with Gasteiger partial charge in [-0.15, -0.1) is 0 Å². The molecule has 3 aromatic carbocycles. The van der Waals surface area contributed by atoms with E-state index < -0.39 is 60.2 Å². The van der Waals surface area contributed by atoms with E-state index in [2.05, 4.69) is 36.6 Å². The Kier molecular flexibility index (Phi) is 14.3. The van der Waals surface area contributed by atoms with Gasteiger partial charge in [-0.3, -0.25) is 34.0 Å². The van der Waals surface area contributed by atoms with Gasteiger partial charge in [0.25, 0.3) is 0 Å². The lowest BCUT2D eigenvalue weighted by Crippen LogP contribution is -2.58. The summed E-state index contributed by atoms with van der Waals surface area (Å²) in [4.78, 5) is 76.4. The first-order valence-corrected chi connectivity index (χ1v) is 17.2. The molecule has 282 valence electrons. The molecule has 4 atom stereocenters. The first kappa shape index (κ1) is 39.4. The van der Waals surface area contributed by atoms with Crippen LogP contribution in [0.4, 0.5) is 0 Å². The molecule has 53 heavy (non-hydrogen) atoms. The average Bonchev–Trinajstić information content (AvgIpc) is 3.12. The standard InChI is InChI=1S/C36H47N11O6/c37-35(38)41-15-3-7-26-31(50)43-20-30(49)44-28(18-21-10-13-25(48)14-11-21)33(52)47-29(19-22-9-12-23-5-1-2-6-24(23)17-22)34(53)46-27(32(51)45-26)8-4-16-42-36(39)40/h1-2,5-6,9-14,17,26-29,48H,3-4,7-8,15-16,18-20H2,(H,43,50)(H,44,49)(H,45,51)(H,46,53)(H,47,52)(H4,37,38,41)(H4,39,40,42)/t26-,27+,28-,29-/m1/s1. The molecule has 0 unspecified atom stereocenters. The van der Waals surface area contributed by atoms with E-state index in [9.17, 15) is 29.1 Å². The molecule has 1 fully saturated rings. The highest BCUT2D eigenvalue weighted by atomic mass is 16.3. The lowest BCUT2D eigenvalue weighted by molar-refractivity contribution is -0.134. The molecule has 1 heterocycles. The van der Waals surface area contributed by atoms with Crippen molar-refractivity contribution in [1.29, 1.82) is 0 Å². The number of carbonyl (C=O) groups is 5. The Labute approximate surface area is 306 Å². The van der Waals surface area contributed by atoms with Crippen LogP contribution in [0.1, 0.15) is 36.8 Å². The zero-order valence-electron chi connectivity index (χ0n) is 29.2. The quantitative estimate of drug-likeness (QED) is 0.0585. The van der Waals surface area contributed by atoms with Gasteiger partial charge in [0.1, 0.15) is 29.9 Å². The Morgan fingerprint density at radius 3 is 1.70 bits per heavy atom. The lowest BCUT2D eigenvalue weighted by atomic mass is 9.99. The molecular weight excluding hydrogens is 682 g/mol. The van der Waals surface area contributed by atoms with Crippen molar-refractivity contribution in [2.24, 2.45) is 32.9 Å². The van der Waals surface area contributed by atoms with Crippen molar-refractivity contribution >= 4 is 52.2 Å². The minimum atomic E-state index is -1.20. The second kappa shape index (κ2) is 19.3. The zero-order valence-corrected chi connectivity index (χ0v) is 29.2. The molecular formula is C36H47N11O6. The molecule has 1 aliphatic heterocycles. The number of aromatic hydroxyl groups is 1. The van der Waals surface area contributed by atoms with Gasteiger partial charge in [0.15, 0.2) is 11.9 Å². The summed E-state index contributed by atoms with van der Waals surface area (Å²) in [5.74, 6) is -3.65. The van der Waals surface area contributed by atoms with E-state index >= 15 is 0 Å². The highest BCUT2D eigenvalue weighted by Gasteiger charge is 2.32. The number of phenols is 1. The smallest absolute Gasteiger partial charge is 0.243 e. The Morgan fingerprint density at radius 1 is 0.604 bits per heavy atom. The molecule has 3 aromatic rings. The van der Waals surface area contributed by atoms with Gasteiger partial charge in [0.05, 0.1) is 6.54 Å². The van der Waals surface area contributed by atoms with Crippen molar-refractivity contribution in [2.45, 2.75) is 62.7 Å². The monoisotopic (exact) mass is 729 g/mol. The summed E-state index contributed by atoms with van der Waals surface area (Å²) in [7, 11) is 0. The van der Waals surface area contributed by atoms with Gasteiger partial charge in [-0.05, 0) is 59.7 Å². The van der Waals surface area contributed by atoms with Crippen LogP contribution in [0, 0.1) is 0 Å². The summed E-state index contributed by atoms with van der Waals surface area (Å²) in [5.41, 5.74) is 23.1. The second-order valence-electron chi connectivity index (χ2n) is 12.7. The number of benzene rings is 3. The number of hydrogen-bond acceptors (Lipinski definition) is 8. The maximum atomic E-state index is 14.1. The van der Waals surface area contributed by atoms with Gasteiger partial charge in [-0.2, -0.15) is 0 Å². The third kappa shape index (κ3) is 12.7. The molecule has 0 aliphatic carbocycles. The van der Waals surface area contributed by atoms with Crippen LogP contribution in [0.3, 0.4) is 0 Å². The number of nitrogens with one attached hydrogen (secondary N) is 5. The molecule has 0 aromatic heterocycles. The van der Waals surface area contributed by atoms with Crippen LogP contribution in [0.2, 0.25) is 0 Å². The molecule has 0 saturated carbocycles. The number of hydrogen-bond donors (Lipinski definition) is 10. The van der Waals surface area contributed by atoms with Crippen LogP contribution in [-0.2, 0) is 36.8 Å². The minimum absolute atomic E-state index is 0.00299. The topological polar surface area (TPSA) is 295 Å². The van der Waals surface area contributed by atoms with Gasteiger partial charge in [-0.1, -0.05) is 54.6 Å². The molecule has 0 radical (unpaired) electrons. The van der Waals surface area contributed by atoms with Crippen molar-refractivity contribution in [1.82, 2.24) is 26.6 Å². The van der Waals surface area contributed by atoms with Gasteiger partial charge >= 0.3 is 0 Å². The SMILES string of the molecule is NC(N)=NCCC[C@@H]1NC(=O)[C@@H](Cc2ccc3ccccc3c2)NC(=O)[C@@H](Cc2ccc(O)cc2)NC(=O)CNC(=O)[C@@H](CCCN=C(N)N)NC1=O. The van der Waals surface area contributed by atoms with Crippen LogP contribution < -0.4 is 49.5 Å². The molecule has 17 heteroatoms. The van der Waals surface area contributed by atoms with Crippen molar-refractivity contribution in [2.75, 3.05) is 19.6 Å². The third-order valence-electron chi connectivity index (χ3n) is 8.49. The first-order chi connectivity index (χ1) is 25.4. The van der Waals surface area contributed by atoms with E-state index in [0.29, 0.717) is 12.0 Å². The molecule has 0 bridgehead atoms. The fourth-order valence-electron chi connectivity index (χ4n) is 5.79. The number of fused-ring (bicyclic) bond motifs is 1. The Hall–Kier alpha value is -6.39. The van der Waals surface area contributed by atoms with E-state index in [1.165, 1.54) is 12.1 Å². The molecule has 1 saturated heterocycles. The summed E-state index contributed by atoms with van der Waals surface area (Å²) in [5, 5.41) is 25.1. The number of amides is 5. The van der Waals surface area contributed by atoms with Gasteiger partial charge in [0.2, 0.25) is 29.5 Å². The fourth-order valence-corrected chi connectivity index (χ4v) is 5.79. The Balaban J connectivity index is 1.70. The fraction of sp³-hybridized carbons (Fsp3) is 0.361. The van der Waals surface area contributed by atoms with Gasteiger partial charge in [0, 0.05) is 25.9 Å². The summed E-state index contributed by atoms with van der Waals surface area (Å²) in [6.45, 7) is -0.184. The van der Waals surface area contributed by atoms with E-state index in [0.717, 1.165) is 16.3 Å². The maximum absolute atomic E-state index is 14.1. The van der Waals surface area contributed by atoms with Crippen molar-refractivity contribution in [3.63, 3.8) is 0 Å².